The molecule has 1 amide bonds. The van der Waals surface area contributed by atoms with E-state index < -0.39 is 17.7 Å². The fourth-order valence-corrected chi connectivity index (χ4v) is 4.07. The van der Waals surface area contributed by atoms with E-state index in [0.717, 1.165) is 11.3 Å². The van der Waals surface area contributed by atoms with Gasteiger partial charge in [-0.2, -0.15) is 0 Å². The van der Waals surface area contributed by atoms with Gasteiger partial charge in [0.15, 0.2) is 5.76 Å². The molecule has 0 aliphatic carbocycles. The molecule has 0 fully saturated rings. The van der Waals surface area contributed by atoms with Crippen molar-refractivity contribution < 1.29 is 23.8 Å². The van der Waals surface area contributed by atoms with Gasteiger partial charge in [0.2, 0.25) is 0 Å². The number of thiophene rings is 1. The van der Waals surface area contributed by atoms with Gasteiger partial charge in [-0.3, -0.25) is 4.79 Å². The quantitative estimate of drug-likeness (QED) is 0.288. The molecule has 0 aliphatic rings. The van der Waals surface area contributed by atoms with Gasteiger partial charge in [0.25, 0.3) is 5.91 Å². The van der Waals surface area contributed by atoms with Gasteiger partial charge in [-0.1, -0.05) is 30.7 Å². The van der Waals surface area contributed by atoms with Crippen molar-refractivity contribution in [3.05, 3.63) is 81.1 Å². The highest BCUT2D eigenvalue weighted by Crippen LogP contribution is 2.36. The first-order valence-electron chi connectivity index (χ1n) is 9.77. The van der Waals surface area contributed by atoms with E-state index >= 15 is 0 Å². The van der Waals surface area contributed by atoms with E-state index in [9.17, 15) is 19.1 Å². The molecule has 2 aromatic carbocycles. The van der Waals surface area contributed by atoms with Crippen molar-refractivity contribution in [2.24, 2.45) is 0 Å². The lowest BCUT2D eigenvalue weighted by Gasteiger charge is -2.15. The Morgan fingerprint density at radius 1 is 1.19 bits per heavy atom. The van der Waals surface area contributed by atoms with Crippen molar-refractivity contribution in [2.45, 2.75) is 27.2 Å². The lowest BCUT2D eigenvalue weighted by atomic mass is 10.0. The number of ether oxygens (including phenoxy) is 1. The minimum Gasteiger partial charge on any atom is -0.478 e. The van der Waals surface area contributed by atoms with Crippen LogP contribution in [0.3, 0.4) is 0 Å². The van der Waals surface area contributed by atoms with Crippen LogP contribution in [0.2, 0.25) is 5.02 Å². The molecule has 166 valence electrons. The summed E-state index contributed by atoms with van der Waals surface area (Å²) in [7, 11) is 0. The third-order valence-electron chi connectivity index (χ3n) is 4.86. The van der Waals surface area contributed by atoms with Crippen LogP contribution in [0.1, 0.15) is 36.2 Å². The Labute approximate surface area is 194 Å². The van der Waals surface area contributed by atoms with Crippen LogP contribution in [0, 0.1) is 12.7 Å². The van der Waals surface area contributed by atoms with Gasteiger partial charge in [-0.05, 0) is 67.3 Å². The van der Waals surface area contributed by atoms with Crippen LogP contribution in [-0.4, -0.2) is 17.0 Å². The van der Waals surface area contributed by atoms with E-state index in [0.29, 0.717) is 39.5 Å². The van der Waals surface area contributed by atoms with Crippen molar-refractivity contribution in [3.8, 4) is 16.9 Å². The van der Waals surface area contributed by atoms with Gasteiger partial charge < -0.3 is 15.2 Å². The number of hydrogen-bond acceptors (Lipinski definition) is 4. The van der Waals surface area contributed by atoms with E-state index in [4.69, 9.17) is 16.3 Å². The highest BCUT2D eigenvalue weighted by Gasteiger charge is 2.24. The van der Waals surface area contributed by atoms with E-state index in [2.05, 4.69) is 5.32 Å². The summed E-state index contributed by atoms with van der Waals surface area (Å²) in [6.45, 7) is 5.30. The van der Waals surface area contributed by atoms with Gasteiger partial charge in [-0.25, -0.2) is 9.18 Å². The van der Waals surface area contributed by atoms with Crippen LogP contribution in [0.15, 0.2) is 59.2 Å². The Morgan fingerprint density at radius 3 is 2.47 bits per heavy atom. The van der Waals surface area contributed by atoms with Gasteiger partial charge in [0.1, 0.15) is 22.1 Å². The lowest BCUT2D eigenvalue weighted by molar-refractivity contribution is -0.114. The van der Waals surface area contributed by atoms with E-state index in [-0.39, 0.29) is 16.3 Å². The third kappa shape index (κ3) is 5.18. The first-order chi connectivity index (χ1) is 15.2. The predicted octanol–water partition coefficient (Wildman–Crippen LogP) is 6.92. The molecule has 0 saturated carbocycles. The molecular formula is C24H21ClFNO4S. The third-order valence-corrected chi connectivity index (χ3v) is 6.01. The van der Waals surface area contributed by atoms with E-state index in [1.807, 2.05) is 6.92 Å². The second-order valence-electron chi connectivity index (χ2n) is 7.09. The number of anilines is 1. The molecule has 0 atom stereocenters. The second-order valence-corrected chi connectivity index (χ2v) is 8.41. The highest BCUT2D eigenvalue weighted by molar-refractivity contribution is 7.15. The number of carbonyl (C=O) groups excluding carboxylic acids is 1. The molecule has 0 spiro atoms. The fourth-order valence-electron chi connectivity index (χ4n) is 2.99. The van der Waals surface area contributed by atoms with Gasteiger partial charge in [0.05, 0.1) is 0 Å². The molecule has 0 unspecified atom stereocenters. The summed E-state index contributed by atoms with van der Waals surface area (Å²) in [5.41, 5.74) is 2.33. The van der Waals surface area contributed by atoms with Gasteiger partial charge in [-0.15, -0.1) is 11.3 Å². The number of aromatic carboxylic acids is 1. The van der Waals surface area contributed by atoms with Crippen LogP contribution in [0.25, 0.3) is 11.1 Å². The number of benzene rings is 2. The summed E-state index contributed by atoms with van der Waals surface area (Å²) in [6, 6.07) is 10.8. The number of amides is 1. The molecular weight excluding hydrogens is 453 g/mol. The summed E-state index contributed by atoms with van der Waals surface area (Å²) in [5.74, 6) is -1.77. The SMILES string of the molecule is CCC(C)=C(Oc1ccc(F)cc1C)C(=O)Nc1scc(-c2ccc(Cl)cc2)c1C(=O)O. The summed E-state index contributed by atoms with van der Waals surface area (Å²) in [6.07, 6.45) is 0.537. The molecule has 5 nitrogen and oxygen atoms in total. The molecule has 0 saturated heterocycles. The van der Waals surface area contributed by atoms with Crippen LogP contribution in [-0.2, 0) is 4.79 Å². The van der Waals surface area contributed by atoms with E-state index in [1.54, 1.807) is 43.5 Å². The van der Waals surface area contributed by atoms with Crippen molar-refractivity contribution >= 4 is 39.8 Å². The van der Waals surface area contributed by atoms with Crippen LogP contribution in [0.4, 0.5) is 9.39 Å². The highest BCUT2D eigenvalue weighted by atomic mass is 35.5. The molecule has 32 heavy (non-hydrogen) atoms. The predicted molar refractivity (Wildman–Crippen MR) is 125 cm³/mol. The minimum absolute atomic E-state index is 0.0165. The average Bonchev–Trinajstić information content (AvgIpc) is 3.16. The summed E-state index contributed by atoms with van der Waals surface area (Å²) in [4.78, 5) is 25.1. The molecule has 1 heterocycles. The molecule has 1 aromatic heterocycles. The zero-order valence-corrected chi connectivity index (χ0v) is 19.2. The summed E-state index contributed by atoms with van der Waals surface area (Å²) in [5, 5.41) is 14.9. The standard InChI is InChI=1S/C24H21ClFNO4S/c1-4-13(2)21(31-19-10-9-17(26)11-14(19)3)22(28)27-23-20(24(29)30)18(12-32-23)15-5-7-16(25)8-6-15/h5-12H,4H2,1-3H3,(H,27,28)(H,29,30). The Bertz CT molecular complexity index is 1200. The molecule has 3 aromatic rings. The summed E-state index contributed by atoms with van der Waals surface area (Å²) >= 11 is 7.04. The molecule has 0 bridgehead atoms. The molecule has 3 rings (SSSR count). The number of carbonyl (C=O) groups is 2. The smallest absolute Gasteiger partial charge is 0.339 e. The Balaban J connectivity index is 1.94. The van der Waals surface area contributed by atoms with Crippen LogP contribution in [0.5, 0.6) is 5.75 Å². The zero-order valence-electron chi connectivity index (χ0n) is 17.7. The summed E-state index contributed by atoms with van der Waals surface area (Å²) < 4.78 is 19.3. The molecule has 2 N–H and O–H groups in total. The van der Waals surface area contributed by atoms with E-state index in [1.165, 1.54) is 18.2 Å². The number of allylic oxidation sites excluding steroid dienone is 1. The second kappa shape index (κ2) is 9.97. The molecule has 0 aliphatic heterocycles. The monoisotopic (exact) mass is 473 g/mol. The Kier molecular flexibility index (Phi) is 7.33. The average molecular weight is 474 g/mol. The van der Waals surface area contributed by atoms with Gasteiger partial charge in [0, 0.05) is 16.0 Å². The maximum atomic E-state index is 13.4. The number of carboxylic acids is 1. The van der Waals surface area contributed by atoms with Crippen molar-refractivity contribution in [2.75, 3.05) is 5.32 Å². The van der Waals surface area contributed by atoms with Crippen LogP contribution < -0.4 is 10.1 Å². The van der Waals surface area contributed by atoms with Crippen molar-refractivity contribution in [1.82, 2.24) is 0 Å². The number of halogens is 2. The Hall–Kier alpha value is -3.16. The first kappa shape index (κ1) is 23.5. The minimum atomic E-state index is -1.17. The topological polar surface area (TPSA) is 75.6 Å². The number of nitrogens with one attached hydrogen (secondary N) is 1. The first-order valence-corrected chi connectivity index (χ1v) is 11.0. The molecule has 8 heteroatoms. The van der Waals surface area contributed by atoms with Crippen LogP contribution >= 0.6 is 22.9 Å². The fraction of sp³-hybridized carbons (Fsp3) is 0.167. The van der Waals surface area contributed by atoms with Crippen molar-refractivity contribution in [3.63, 3.8) is 0 Å². The lowest BCUT2D eigenvalue weighted by Crippen LogP contribution is -2.21. The largest absolute Gasteiger partial charge is 0.478 e. The number of aryl methyl sites for hydroxylation is 1. The zero-order chi connectivity index (χ0) is 23.4. The maximum Gasteiger partial charge on any atom is 0.339 e. The molecule has 0 radical (unpaired) electrons. The maximum absolute atomic E-state index is 13.4. The number of rotatable bonds is 7. The van der Waals surface area contributed by atoms with Gasteiger partial charge >= 0.3 is 5.97 Å². The number of hydrogen-bond donors (Lipinski definition) is 2. The Morgan fingerprint density at radius 2 is 1.88 bits per heavy atom. The van der Waals surface area contributed by atoms with Crippen molar-refractivity contribution in [1.29, 1.82) is 0 Å². The normalized spacial score (nSPS) is 11.7. The number of carboxylic acid groups (broad SMARTS) is 1.